The average molecular weight is 288 g/mol. The van der Waals surface area contributed by atoms with Crippen LogP contribution >= 0.6 is 0 Å². The van der Waals surface area contributed by atoms with Gasteiger partial charge in [0.2, 0.25) is 11.8 Å². The molecule has 1 heterocycles. The van der Waals surface area contributed by atoms with E-state index in [1.54, 1.807) is 4.90 Å². The molecule has 1 aromatic rings. The van der Waals surface area contributed by atoms with E-state index in [4.69, 9.17) is 4.74 Å². The molecule has 0 atom stereocenters. The van der Waals surface area contributed by atoms with Crippen molar-refractivity contribution in [2.24, 2.45) is 0 Å². The van der Waals surface area contributed by atoms with E-state index in [2.05, 4.69) is 5.32 Å². The van der Waals surface area contributed by atoms with Crippen LogP contribution in [0.3, 0.4) is 0 Å². The van der Waals surface area contributed by atoms with Crippen LogP contribution in [0, 0.1) is 13.8 Å². The molecule has 0 unspecified atom stereocenters. The van der Waals surface area contributed by atoms with Gasteiger partial charge in [-0.15, -0.1) is 0 Å². The number of morpholine rings is 1. The number of aryl methyl sites for hydroxylation is 2. The number of anilines is 1. The van der Waals surface area contributed by atoms with Crippen molar-refractivity contribution in [2.75, 3.05) is 31.6 Å². The first-order valence-electron chi connectivity index (χ1n) is 6.98. The molecule has 1 fully saturated rings. The van der Waals surface area contributed by atoms with Crippen LogP contribution in [0.5, 0.6) is 0 Å². The summed E-state index contributed by atoms with van der Waals surface area (Å²) in [6, 6.07) is 5.82. The second-order valence-electron chi connectivity index (χ2n) is 5.14. The molecule has 0 aliphatic carbocycles. The maximum absolute atomic E-state index is 11.9. The Morgan fingerprint density at radius 1 is 1.10 bits per heavy atom. The molecule has 2 amide bonds. The van der Waals surface area contributed by atoms with Gasteiger partial charge in [0.25, 0.3) is 0 Å². The highest BCUT2D eigenvalue weighted by Gasteiger charge is 2.14. The number of ether oxygens (including phenoxy) is 1. The Labute approximate surface area is 124 Å². The molecule has 1 saturated heterocycles. The molecule has 0 bridgehead atoms. The maximum atomic E-state index is 11.9. The summed E-state index contributed by atoms with van der Waals surface area (Å²) in [5.74, 6) is -0.463. The summed E-state index contributed by atoms with van der Waals surface area (Å²) in [6.45, 7) is 6.19. The van der Waals surface area contributed by atoms with E-state index in [0.29, 0.717) is 26.3 Å². The predicted molar refractivity (Wildman–Crippen MR) is 81.1 cm³/mol. The van der Waals surface area contributed by atoms with Gasteiger partial charge in [-0.3, -0.25) is 9.59 Å². The van der Waals surface area contributed by atoms with Crippen molar-refractivity contribution in [1.29, 1.82) is 0 Å². The first kappa shape index (κ1) is 15.3. The zero-order valence-electron chi connectivity index (χ0n) is 12.4. The van der Waals surface area contributed by atoms with E-state index >= 15 is 0 Å². The molecule has 1 aromatic carbocycles. The van der Waals surface area contributed by atoms with Crippen molar-refractivity contribution in [3.8, 4) is 0 Å². The molecule has 1 aliphatic heterocycles. The van der Waals surface area contributed by atoms with E-state index in [0.717, 1.165) is 16.8 Å². The first-order chi connectivity index (χ1) is 10.0. The highest BCUT2D eigenvalue weighted by molar-refractivity contribution is 6.03. The largest absolute Gasteiger partial charge is 0.378 e. The third kappa shape index (κ3) is 4.72. The first-order valence-corrected chi connectivity index (χ1v) is 6.98. The van der Waals surface area contributed by atoms with Gasteiger partial charge in [-0.2, -0.15) is 0 Å². The van der Waals surface area contributed by atoms with E-state index < -0.39 is 0 Å². The molecule has 5 heteroatoms. The SMILES string of the molecule is Cc1cc(C)cc(NC(=O)/C=C\C(=O)N2CCOCC2)c1. The number of nitrogens with zero attached hydrogens (tertiary/aromatic N) is 1. The van der Waals surface area contributed by atoms with Gasteiger partial charge >= 0.3 is 0 Å². The molecule has 21 heavy (non-hydrogen) atoms. The average Bonchev–Trinajstić information content (AvgIpc) is 2.44. The lowest BCUT2D eigenvalue weighted by Crippen LogP contribution is -2.39. The van der Waals surface area contributed by atoms with E-state index in [1.165, 1.54) is 12.2 Å². The molecular weight excluding hydrogens is 268 g/mol. The third-order valence-corrected chi connectivity index (χ3v) is 3.19. The summed E-state index contributed by atoms with van der Waals surface area (Å²) in [5, 5.41) is 2.76. The van der Waals surface area contributed by atoms with Gasteiger partial charge in [-0.1, -0.05) is 6.07 Å². The molecule has 112 valence electrons. The lowest BCUT2D eigenvalue weighted by molar-refractivity contribution is -0.130. The predicted octanol–water partition coefficient (Wildman–Crippen LogP) is 1.66. The van der Waals surface area contributed by atoms with E-state index in [1.807, 2.05) is 32.0 Å². The molecule has 0 radical (unpaired) electrons. The van der Waals surface area contributed by atoms with Gasteiger partial charge in [0, 0.05) is 30.9 Å². The van der Waals surface area contributed by atoms with Crippen molar-refractivity contribution >= 4 is 17.5 Å². The molecule has 2 rings (SSSR count). The summed E-state index contributed by atoms with van der Waals surface area (Å²) < 4.78 is 5.18. The Kier molecular flexibility index (Phi) is 5.11. The monoisotopic (exact) mass is 288 g/mol. The number of benzene rings is 1. The van der Waals surface area contributed by atoms with Crippen molar-refractivity contribution in [3.05, 3.63) is 41.5 Å². The minimum absolute atomic E-state index is 0.158. The number of hydrogen-bond acceptors (Lipinski definition) is 3. The van der Waals surface area contributed by atoms with Crippen molar-refractivity contribution in [2.45, 2.75) is 13.8 Å². The Morgan fingerprint density at radius 3 is 2.33 bits per heavy atom. The zero-order valence-corrected chi connectivity index (χ0v) is 12.4. The lowest BCUT2D eigenvalue weighted by atomic mass is 10.1. The smallest absolute Gasteiger partial charge is 0.248 e. The fourth-order valence-electron chi connectivity index (χ4n) is 2.27. The van der Waals surface area contributed by atoms with Gasteiger partial charge in [-0.05, 0) is 37.1 Å². The minimum Gasteiger partial charge on any atom is -0.378 e. The Hall–Kier alpha value is -2.14. The summed E-state index contributed by atoms with van der Waals surface area (Å²) in [4.78, 5) is 25.4. The summed E-state index contributed by atoms with van der Waals surface area (Å²) in [6.07, 6.45) is 2.58. The quantitative estimate of drug-likeness (QED) is 0.861. The van der Waals surface area contributed by atoms with Crippen LogP contribution in [0.25, 0.3) is 0 Å². The second kappa shape index (κ2) is 7.04. The minimum atomic E-state index is -0.304. The zero-order chi connectivity index (χ0) is 15.2. The number of carbonyl (C=O) groups is 2. The van der Waals surface area contributed by atoms with Crippen LogP contribution in [-0.4, -0.2) is 43.0 Å². The van der Waals surface area contributed by atoms with Gasteiger partial charge in [0.1, 0.15) is 0 Å². The van der Waals surface area contributed by atoms with Gasteiger partial charge in [0.15, 0.2) is 0 Å². The van der Waals surface area contributed by atoms with Gasteiger partial charge < -0.3 is 15.0 Å². The van der Waals surface area contributed by atoms with Crippen LogP contribution in [0.4, 0.5) is 5.69 Å². The maximum Gasteiger partial charge on any atom is 0.248 e. The normalized spacial score (nSPS) is 15.2. The molecule has 1 N–H and O–H groups in total. The fraction of sp³-hybridized carbons (Fsp3) is 0.375. The number of hydrogen-bond donors (Lipinski definition) is 1. The molecule has 0 aromatic heterocycles. The number of amides is 2. The van der Waals surface area contributed by atoms with Crippen molar-refractivity contribution in [1.82, 2.24) is 4.90 Å². The summed E-state index contributed by atoms with van der Waals surface area (Å²) >= 11 is 0. The second-order valence-corrected chi connectivity index (χ2v) is 5.14. The van der Waals surface area contributed by atoms with Crippen LogP contribution in [0.2, 0.25) is 0 Å². The van der Waals surface area contributed by atoms with E-state index in [-0.39, 0.29) is 11.8 Å². The summed E-state index contributed by atoms with van der Waals surface area (Å²) in [7, 11) is 0. The van der Waals surface area contributed by atoms with Crippen molar-refractivity contribution < 1.29 is 14.3 Å². The molecular formula is C16H20N2O3. The molecule has 5 nitrogen and oxygen atoms in total. The number of carbonyl (C=O) groups excluding carboxylic acids is 2. The number of nitrogens with one attached hydrogen (secondary N) is 1. The summed E-state index contributed by atoms with van der Waals surface area (Å²) in [5.41, 5.74) is 2.90. The molecule has 0 saturated carbocycles. The van der Waals surface area contributed by atoms with Crippen LogP contribution in [-0.2, 0) is 14.3 Å². The van der Waals surface area contributed by atoms with Gasteiger partial charge in [0.05, 0.1) is 13.2 Å². The van der Waals surface area contributed by atoms with Crippen LogP contribution in [0.1, 0.15) is 11.1 Å². The van der Waals surface area contributed by atoms with E-state index in [9.17, 15) is 9.59 Å². The van der Waals surface area contributed by atoms with Crippen LogP contribution < -0.4 is 5.32 Å². The molecule has 0 spiro atoms. The highest BCUT2D eigenvalue weighted by atomic mass is 16.5. The van der Waals surface area contributed by atoms with Crippen LogP contribution in [0.15, 0.2) is 30.4 Å². The van der Waals surface area contributed by atoms with Gasteiger partial charge in [-0.25, -0.2) is 0 Å². The third-order valence-electron chi connectivity index (χ3n) is 3.19. The Balaban J connectivity index is 1.91. The Bertz CT molecular complexity index is 540. The highest BCUT2D eigenvalue weighted by Crippen LogP contribution is 2.13. The molecule has 1 aliphatic rings. The topological polar surface area (TPSA) is 58.6 Å². The standard InChI is InChI=1S/C16H20N2O3/c1-12-9-13(2)11-14(10-12)17-15(19)3-4-16(20)18-5-7-21-8-6-18/h3-4,9-11H,5-8H2,1-2H3,(H,17,19)/b4-3-. The fourth-order valence-corrected chi connectivity index (χ4v) is 2.27. The lowest BCUT2D eigenvalue weighted by Gasteiger charge is -2.25. The van der Waals surface area contributed by atoms with Crippen molar-refractivity contribution in [3.63, 3.8) is 0 Å². The Morgan fingerprint density at radius 2 is 1.71 bits per heavy atom. The number of rotatable bonds is 3.